The smallest absolute Gasteiger partial charge is 0.226 e. The fourth-order valence-electron chi connectivity index (χ4n) is 2.66. The summed E-state index contributed by atoms with van der Waals surface area (Å²) in [6, 6.07) is 12.1. The third kappa shape index (κ3) is 3.84. The van der Waals surface area contributed by atoms with Gasteiger partial charge in [0.05, 0.1) is 44.7 Å². The van der Waals surface area contributed by atoms with E-state index in [-0.39, 0.29) is 17.8 Å². The molecule has 1 N–H and O–H groups in total. The molecule has 0 unspecified atom stereocenters. The second kappa shape index (κ2) is 7.80. The number of para-hydroxylation sites is 1. The summed E-state index contributed by atoms with van der Waals surface area (Å²) in [5.74, 6) is -0.261. The van der Waals surface area contributed by atoms with Crippen molar-refractivity contribution in [3.63, 3.8) is 0 Å². The summed E-state index contributed by atoms with van der Waals surface area (Å²) in [4.78, 5) is 24.6. The summed E-state index contributed by atoms with van der Waals surface area (Å²) in [7, 11) is -1.33. The van der Waals surface area contributed by atoms with Crippen LogP contribution in [0.5, 0.6) is 0 Å². The first-order chi connectivity index (χ1) is 12.5. The lowest BCUT2D eigenvalue weighted by atomic mass is 10.2. The van der Waals surface area contributed by atoms with Crippen LogP contribution >= 0.6 is 11.6 Å². The Labute approximate surface area is 157 Å². The number of carbonyl (C=O) groups is 1. The predicted octanol–water partition coefficient (Wildman–Crippen LogP) is 2.82. The van der Waals surface area contributed by atoms with Crippen LogP contribution in [0.15, 0.2) is 58.4 Å². The van der Waals surface area contributed by atoms with Gasteiger partial charge in [-0.15, -0.1) is 0 Å². The fourth-order valence-corrected chi connectivity index (χ4v) is 3.93. The van der Waals surface area contributed by atoms with Gasteiger partial charge >= 0.3 is 0 Å². The zero-order chi connectivity index (χ0) is 18.7. The highest BCUT2D eigenvalue weighted by atomic mass is 35.5. The van der Waals surface area contributed by atoms with Crippen molar-refractivity contribution in [1.82, 2.24) is 9.78 Å². The molecular formula is C18H16ClN3O3S. The minimum absolute atomic E-state index is 0.141. The number of aromatic nitrogens is 2. The van der Waals surface area contributed by atoms with Gasteiger partial charge in [-0.05, 0) is 24.3 Å². The van der Waals surface area contributed by atoms with Crippen molar-refractivity contribution < 1.29 is 9.00 Å². The van der Waals surface area contributed by atoms with E-state index < -0.39 is 10.8 Å². The van der Waals surface area contributed by atoms with Gasteiger partial charge in [0, 0.05) is 18.1 Å². The first kappa shape index (κ1) is 18.3. The van der Waals surface area contributed by atoms with E-state index >= 15 is 0 Å². The van der Waals surface area contributed by atoms with Crippen LogP contribution in [0.25, 0.3) is 10.9 Å². The summed E-state index contributed by atoms with van der Waals surface area (Å²) in [6.07, 6.45) is 2.89. The quantitative estimate of drug-likeness (QED) is 0.727. The van der Waals surface area contributed by atoms with Crippen molar-refractivity contribution in [2.24, 2.45) is 0 Å². The molecule has 0 spiro atoms. The molecule has 1 heterocycles. The van der Waals surface area contributed by atoms with Gasteiger partial charge in [0.2, 0.25) is 11.3 Å². The number of benzene rings is 2. The lowest BCUT2D eigenvalue weighted by Gasteiger charge is -2.12. The molecule has 2 aromatic carbocycles. The minimum atomic E-state index is -1.33. The summed E-state index contributed by atoms with van der Waals surface area (Å²) < 4.78 is 13.5. The topological polar surface area (TPSA) is 81.1 Å². The monoisotopic (exact) mass is 389 g/mol. The Hall–Kier alpha value is -2.51. The van der Waals surface area contributed by atoms with Crippen LogP contribution in [-0.2, 0) is 22.1 Å². The average Bonchev–Trinajstić information content (AvgIpc) is 2.61. The van der Waals surface area contributed by atoms with E-state index in [1.54, 1.807) is 41.1 Å². The van der Waals surface area contributed by atoms with Crippen molar-refractivity contribution in [3.8, 4) is 0 Å². The normalized spacial score (nSPS) is 12.1. The molecule has 0 fully saturated rings. The summed E-state index contributed by atoms with van der Waals surface area (Å²) >= 11 is 6.07. The molecule has 3 rings (SSSR count). The van der Waals surface area contributed by atoms with E-state index in [4.69, 9.17) is 11.6 Å². The van der Waals surface area contributed by atoms with E-state index in [1.165, 1.54) is 12.5 Å². The number of carbonyl (C=O) groups excluding carboxylic acids is 1. The van der Waals surface area contributed by atoms with Crippen molar-refractivity contribution in [2.75, 3.05) is 11.6 Å². The highest BCUT2D eigenvalue weighted by Gasteiger charge is 2.13. The van der Waals surface area contributed by atoms with Crippen LogP contribution < -0.4 is 10.7 Å². The van der Waals surface area contributed by atoms with Gasteiger partial charge < -0.3 is 5.32 Å². The number of amides is 1. The maximum Gasteiger partial charge on any atom is 0.226 e. The van der Waals surface area contributed by atoms with E-state index in [2.05, 4.69) is 10.4 Å². The van der Waals surface area contributed by atoms with E-state index in [1.807, 2.05) is 6.07 Å². The lowest BCUT2D eigenvalue weighted by Crippen LogP contribution is -2.18. The molecule has 6 nitrogen and oxygen atoms in total. The van der Waals surface area contributed by atoms with Crippen molar-refractivity contribution >= 4 is 44.9 Å². The van der Waals surface area contributed by atoms with E-state index in [9.17, 15) is 13.8 Å². The standard InChI is InChI=1S/C18H16ClN3O3S/c1-26(25)18-13(19)6-4-7-14(18)21-17(24)9-10-22-15-8-3-2-5-12(15)16(23)11-20-22/h2-8,11H,9-10H2,1H3,(H,21,24)/t26-/m0/s1. The molecule has 0 saturated heterocycles. The highest BCUT2D eigenvalue weighted by molar-refractivity contribution is 7.84. The van der Waals surface area contributed by atoms with Crippen molar-refractivity contribution in [1.29, 1.82) is 0 Å². The predicted molar refractivity (Wildman–Crippen MR) is 103 cm³/mol. The molecule has 0 radical (unpaired) electrons. The van der Waals surface area contributed by atoms with Crippen LogP contribution in [0.3, 0.4) is 0 Å². The second-order valence-corrected chi connectivity index (χ2v) is 7.34. The molecule has 1 aromatic heterocycles. The first-order valence-corrected chi connectivity index (χ1v) is 9.77. The number of aryl methyl sites for hydroxylation is 1. The van der Waals surface area contributed by atoms with E-state index in [0.717, 1.165) is 0 Å². The number of fused-ring (bicyclic) bond motifs is 1. The molecule has 0 aliphatic rings. The molecular weight excluding hydrogens is 374 g/mol. The Morgan fingerprint density at radius 1 is 1.23 bits per heavy atom. The van der Waals surface area contributed by atoms with Crippen LogP contribution in [0.4, 0.5) is 5.69 Å². The molecule has 134 valence electrons. The summed E-state index contributed by atoms with van der Waals surface area (Å²) in [6.45, 7) is 0.303. The molecule has 26 heavy (non-hydrogen) atoms. The SMILES string of the molecule is C[S@](=O)c1c(Cl)cccc1NC(=O)CCn1ncc(=O)c2ccccc21. The van der Waals surface area contributed by atoms with Gasteiger partial charge in [-0.25, -0.2) is 0 Å². The van der Waals surface area contributed by atoms with Crippen LogP contribution in [0.1, 0.15) is 6.42 Å². The molecule has 1 atom stereocenters. The molecule has 0 saturated carbocycles. The van der Waals surface area contributed by atoms with Gasteiger partial charge in [-0.3, -0.25) is 18.5 Å². The highest BCUT2D eigenvalue weighted by Crippen LogP contribution is 2.27. The van der Waals surface area contributed by atoms with Gasteiger partial charge in [0.1, 0.15) is 0 Å². The van der Waals surface area contributed by atoms with Crippen LogP contribution in [0, 0.1) is 0 Å². The number of hydrogen-bond acceptors (Lipinski definition) is 4. The number of anilines is 1. The molecule has 0 aliphatic carbocycles. The number of nitrogens with one attached hydrogen (secondary N) is 1. The third-order valence-electron chi connectivity index (χ3n) is 3.84. The largest absolute Gasteiger partial charge is 0.325 e. The number of halogens is 1. The van der Waals surface area contributed by atoms with Gasteiger partial charge in [-0.2, -0.15) is 5.10 Å². The molecule has 8 heteroatoms. The maximum atomic E-state index is 12.3. The molecule has 0 bridgehead atoms. The number of rotatable bonds is 5. The third-order valence-corrected chi connectivity index (χ3v) is 5.28. The second-order valence-electron chi connectivity index (χ2n) is 5.62. The average molecular weight is 390 g/mol. The van der Waals surface area contributed by atoms with E-state index in [0.29, 0.717) is 33.1 Å². The Kier molecular flexibility index (Phi) is 5.49. The first-order valence-electron chi connectivity index (χ1n) is 7.84. The van der Waals surface area contributed by atoms with Gasteiger partial charge in [0.15, 0.2) is 0 Å². The van der Waals surface area contributed by atoms with Crippen molar-refractivity contribution in [2.45, 2.75) is 17.9 Å². The zero-order valence-corrected chi connectivity index (χ0v) is 15.5. The summed E-state index contributed by atoms with van der Waals surface area (Å²) in [5, 5.41) is 7.74. The summed E-state index contributed by atoms with van der Waals surface area (Å²) in [5.41, 5.74) is 0.947. The van der Waals surface area contributed by atoms with Gasteiger partial charge in [-0.1, -0.05) is 29.8 Å². The zero-order valence-electron chi connectivity index (χ0n) is 13.9. The maximum absolute atomic E-state index is 12.3. The lowest BCUT2D eigenvalue weighted by molar-refractivity contribution is -0.116. The molecule has 1 amide bonds. The Bertz CT molecular complexity index is 1060. The van der Waals surface area contributed by atoms with Crippen molar-refractivity contribution in [3.05, 3.63) is 63.9 Å². The number of nitrogens with zero attached hydrogens (tertiary/aromatic N) is 2. The number of hydrogen-bond donors (Lipinski definition) is 1. The Balaban J connectivity index is 1.77. The molecule has 0 aliphatic heterocycles. The fraction of sp³-hybridized carbons (Fsp3) is 0.167. The van der Waals surface area contributed by atoms with Gasteiger partial charge in [0.25, 0.3) is 0 Å². The van der Waals surface area contributed by atoms with Crippen LogP contribution in [-0.4, -0.2) is 26.2 Å². The minimum Gasteiger partial charge on any atom is -0.325 e. The molecule has 3 aromatic rings. The van der Waals surface area contributed by atoms with Crippen LogP contribution in [0.2, 0.25) is 5.02 Å². The Morgan fingerprint density at radius 3 is 2.77 bits per heavy atom. The Morgan fingerprint density at radius 2 is 2.00 bits per heavy atom.